The molecule has 2 aromatic carbocycles. The fourth-order valence-corrected chi connectivity index (χ4v) is 4.49. The van der Waals surface area contributed by atoms with Gasteiger partial charge in [-0.2, -0.15) is 0 Å². The van der Waals surface area contributed by atoms with E-state index in [0.29, 0.717) is 5.56 Å². The maximum Gasteiger partial charge on any atom is 0.256 e. The van der Waals surface area contributed by atoms with Crippen LogP contribution in [-0.4, -0.2) is 39.0 Å². The highest BCUT2D eigenvalue weighted by Crippen LogP contribution is 2.28. The largest absolute Gasteiger partial charge is 0.377 e. The van der Waals surface area contributed by atoms with Gasteiger partial charge in [0.2, 0.25) is 10.0 Å². The Morgan fingerprint density at radius 2 is 2.07 bits per heavy atom. The van der Waals surface area contributed by atoms with Gasteiger partial charge in [-0.3, -0.25) is 9.52 Å². The Morgan fingerprint density at radius 3 is 2.79 bits per heavy atom. The summed E-state index contributed by atoms with van der Waals surface area (Å²) < 4.78 is 44.2. The van der Waals surface area contributed by atoms with Crippen molar-refractivity contribution in [1.29, 1.82) is 0 Å². The summed E-state index contributed by atoms with van der Waals surface area (Å²) in [6.45, 7) is 0.780. The van der Waals surface area contributed by atoms with Crippen molar-refractivity contribution in [3.05, 3.63) is 53.8 Å². The molecule has 0 spiro atoms. The van der Waals surface area contributed by atoms with Crippen molar-refractivity contribution in [2.45, 2.75) is 23.8 Å². The first kappa shape index (κ1) is 20.6. The summed E-state index contributed by atoms with van der Waals surface area (Å²) in [5, 5.41) is 2.69. The van der Waals surface area contributed by atoms with Gasteiger partial charge in [0.05, 0.1) is 23.6 Å². The highest BCUT2D eigenvalue weighted by Gasteiger charge is 2.18. The third kappa shape index (κ3) is 5.70. The van der Waals surface area contributed by atoms with Crippen LogP contribution >= 0.6 is 11.8 Å². The molecule has 1 aliphatic rings. The summed E-state index contributed by atoms with van der Waals surface area (Å²) in [4.78, 5) is 13.6. The molecule has 2 N–H and O–H groups in total. The second kappa shape index (κ2) is 8.93. The molecule has 28 heavy (non-hydrogen) atoms. The molecule has 0 bridgehead atoms. The van der Waals surface area contributed by atoms with Crippen LogP contribution in [0, 0.1) is 5.82 Å². The second-order valence-electron chi connectivity index (χ2n) is 6.47. The number of carbonyl (C=O) groups is 1. The fourth-order valence-electron chi connectivity index (χ4n) is 2.82. The molecule has 1 saturated heterocycles. The Labute approximate surface area is 167 Å². The Morgan fingerprint density at radius 1 is 1.29 bits per heavy atom. The van der Waals surface area contributed by atoms with Crippen molar-refractivity contribution >= 4 is 39.1 Å². The summed E-state index contributed by atoms with van der Waals surface area (Å²) in [5.41, 5.74) is 0.560. The number of thioether (sulfide) groups is 1. The summed E-state index contributed by atoms with van der Waals surface area (Å²) in [6.07, 6.45) is 3.21. The van der Waals surface area contributed by atoms with Crippen LogP contribution in [0.25, 0.3) is 0 Å². The Kier molecular flexibility index (Phi) is 6.58. The first-order valence-electron chi connectivity index (χ1n) is 8.74. The summed E-state index contributed by atoms with van der Waals surface area (Å²) in [5.74, 6) is -0.313. The van der Waals surface area contributed by atoms with Crippen molar-refractivity contribution in [2.24, 2.45) is 0 Å². The van der Waals surface area contributed by atoms with E-state index in [9.17, 15) is 17.6 Å². The predicted molar refractivity (Wildman–Crippen MR) is 109 cm³/mol. The highest BCUT2D eigenvalue weighted by atomic mass is 32.2. The van der Waals surface area contributed by atoms with Crippen molar-refractivity contribution in [3.8, 4) is 0 Å². The summed E-state index contributed by atoms with van der Waals surface area (Å²) in [6, 6.07) is 10.9. The first-order chi connectivity index (χ1) is 13.3. The third-order valence-corrected chi connectivity index (χ3v) is 5.90. The molecule has 1 atom stereocenters. The number of amides is 1. The van der Waals surface area contributed by atoms with Gasteiger partial charge in [-0.1, -0.05) is 12.1 Å². The number of anilines is 2. The van der Waals surface area contributed by atoms with E-state index in [0.717, 1.165) is 42.4 Å². The van der Waals surface area contributed by atoms with E-state index < -0.39 is 15.8 Å². The lowest BCUT2D eigenvalue weighted by Crippen LogP contribution is -2.15. The maximum absolute atomic E-state index is 13.8. The molecular formula is C19H21FN2O4S2. The van der Waals surface area contributed by atoms with Crippen LogP contribution in [-0.2, 0) is 14.8 Å². The Balaban J connectivity index is 1.73. The Hall–Kier alpha value is -2.10. The number of ether oxygens (including phenoxy) is 1. The van der Waals surface area contributed by atoms with Gasteiger partial charge in [0.25, 0.3) is 5.91 Å². The molecule has 150 valence electrons. The highest BCUT2D eigenvalue weighted by molar-refractivity contribution is 7.99. The number of rotatable bonds is 7. The first-order valence-corrected chi connectivity index (χ1v) is 11.6. The monoisotopic (exact) mass is 424 g/mol. The van der Waals surface area contributed by atoms with Crippen molar-refractivity contribution in [3.63, 3.8) is 0 Å². The average molecular weight is 425 g/mol. The van der Waals surface area contributed by atoms with Crippen LogP contribution in [0.15, 0.2) is 47.4 Å². The minimum Gasteiger partial charge on any atom is -0.377 e. The molecule has 1 heterocycles. The molecule has 1 fully saturated rings. The molecule has 1 amide bonds. The third-order valence-electron chi connectivity index (χ3n) is 4.10. The van der Waals surface area contributed by atoms with Gasteiger partial charge in [0, 0.05) is 22.9 Å². The second-order valence-corrected chi connectivity index (χ2v) is 9.28. The fraction of sp³-hybridized carbons (Fsp3) is 0.316. The molecule has 0 saturated carbocycles. The zero-order chi connectivity index (χ0) is 20.1. The van der Waals surface area contributed by atoms with Crippen molar-refractivity contribution in [1.82, 2.24) is 0 Å². The SMILES string of the molecule is CS(=O)(=O)Nc1cc(NC(=O)c2ccccc2SC[C@H]2CCCO2)ccc1F. The van der Waals surface area contributed by atoms with E-state index in [-0.39, 0.29) is 23.4 Å². The minimum absolute atomic E-state index is 0.197. The minimum atomic E-state index is -3.64. The van der Waals surface area contributed by atoms with Crippen LogP contribution in [0.5, 0.6) is 0 Å². The number of hydrogen-bond donors (Lipinski definition) is 2. The molecule has 0 aromatic heterocycles. The van der Waals surface area contributed by atoms with Crippen molar-refractivity contribution < 1.29 is 22.3 Å². The molecule has 1 aliphatic heterocycles. The molecule has 0 aliphatic carbocycles. The molecule has 2 aromatic rings. The van der Waals surface area contributed by atoms with Gasteiger partial charge in [0.15, 0.2) is 0 Å². The smallest absolute Gasteiger partial charge is 0.256 e. The predicted octanol–water partition coefficient (Wildman–Crippen LogP) is 3.72. The lowest BCUT2D eigenvalue weighted by molar-refractivity contribution is 0.102. The zero-order valence-corrected chi connectivity index (χ0v) is 16.9. The molecule has 9 heteroatoms. The quantitative estimate of drug-likeness (QED) is 0.662. The van der Waals surface area contributed by atoms with E-state index in [1.807, 2.05) is 12.1 Å². The molecule has 6 nitrogen and oxygen atoms in total. The number of carbonyl (C=O) groups excluding carboxylic acids is 1. The lowest BCUT2D eigenvalue weighted by atomic mass is 10.2. The van der Waals surface area contributed by atoms with E-state index in [4.69, 9.17) is 4.74 Å². The van der Waals surface area contributed by atoms with Gasteiger partial charge in [-0.25, -0.2) is 12.8 Å². The standard InChI is InChI=1S/C19H21FN2O4S2/c1-28(24,25)22-17-11-13(8-9-16(17)20)21-19(23)15-6-2-3-7-18(15)27-12-14-5-4-10-26-14/h2-3,6-9,11,14,22H,4-5,10,12H2,1H3,(H,21,23)/t14-/m1/s1. The van der Waals surface area contributed by atoms with Crippen LogP contribution in [0.2, 0.25) is 0 Å². The van der Waals surface area contributed by atoms with Gasteiger partial charge in [-0.15, -0.1) is 11.8 Å². The van der Waals surface area contributed by atoms with Crippen LogP contribution in [0.1, 0.15) is 23.2 Å². The number of nitrogens with one attached hydrogen (secondary N) is 2. The Bertz CT molecular complexity index is 960. The number of sulfonamides is 1. The van der Waals surface area contributed by atoms with Gasteiger partial charge >= 0.3 is 0 Å². The van der Waals surface area contributed by atoms with Gasteiger partial charge < -0.3 is 10.1 Å². The van der Waals surface area contributed by atoms with E-state index in [1.165, 1.54) is 12.1 Å². The van der Waals surface area contributed by atoms with Crippen LogP contribution < -0.4 is 10.0 Å². The molecular weight excluding hydrogens is 403 g/mol. The van der Waals surface area contributed by atoms with E-state index in [1.54, 1.807) is 23.9 Å². The van der Waals surface area contributed by atoms with Crippen LogP contribution in [0.4, 0.5) is 15.8 Å². The lowest BCUT2D eigenvalue weighted by Gasteiger charge is -2.13. The summed E-state index contributed by atoms with van der Waals surface area (Å²) >= 11 is 1.56. The molecule has 0 radical (unpaired) electrons. The maximum atomic E-state index is 13.8. The molecule has 3 rings (SSSR count). The van der Waals surface area contributed by atoms with Gasteiger partial charge in [-0.05, 0) is 43.2 Å². The van der Waals surface area contributed by atoms with Crippen molar-refractivity contribution in [2.75, 3.05) is 28.7 Å². The topological polar surface area (TPSA) is 84.5 Å². The summed E-state index contributed by atoms with van der Waals surface area (Å²) in [7, 11) is -3.64. The number of benzene rings is 2. The zero-order valence-electron chi connectivity index (χ0n) is 15.3. The normalized spacial score (nSPS) is 16.7. The number of hydrogen-bond acceptors (Lipinski definition) is 5. The number of halogens is 1. The van der Waals surface area contributed by atoms with E-state index >= 15 is 0 Å². The van der Waals surface area contributed by atoms with Crippen LogP contribution in [0.3, 0.4) is 0 Å². The average Bonchev–Trinajstić information content (AvgIpc) is 3.15. The molecule has 0 unspecified atom stereocenters. The van der Waals surface area contributed by atoms with E-state index in [2.05, 4.69) is 10.0 Å². The van der Waals surface area contributed by atoms with Gasteiger partial charge in [0.1, 0.15) is 5.82 Å².